The van der Waals surface area contributed by atoms with Crippen LogP contribution in [0.2, 0.25) is 0 Å². The van der Waals surface area contributed by atoms with Crippen molar-refractivity contribution in [3.05, 3.63) is 71.9 Å². The van der Waals surface area contributed by atoms with E-state index in [0.717, 1.165) is 30.0 Å². The molecule has 4 rings (SSSR count). The van der Waals surface area contributed by atoms with Crippen molar-refractivity contribution >= 4 is 11.6 Å². The quantitative estimate of drug-likeness (QED) is 0.694. The minimum absolute atomic E-state index is 0.0395. The first-order valence-electron chi connectivity index (χ1n) is 9.40. The summed E-state index contributed by atoms with van der Waals surface area (Å²) in [5, 5.41) is 0. The van der Waals surface area contributed by atoms with Gasteiger partial charge in [-0.15, -0.1) is 0 Å². The molecule has 5 nitrogen and oxygen atoms in total. The summed E-state index contributed by atoms with van der Waals surface area (Å²) >= 11 is 0. The number of hydrogen-bond donors (Lipinski definition) is 0. The molecule has 1 amide bonds. The lowest BCUT2D eigenvalue weighted by Crippen LogP contribution is -2.49. The van der Waals surface area contributed by atoms with Crippen molar-refractivity contribution in [2.24, 2.45) is 0 Å². The number of amides is 1. The van der Waals surface area contributed by atoms with Crippen molar-refractivity contribution in [3.63, 3.8) is 0 Å². The molecule has 1 aromatic heterocycles. The topological polar surface area (TPSA) is 49.6 Å². The van der Waals surface area contributed by atoms with Gasteiger partial charge in [0.15, 0.2) is 0 Å². The van der Waals surface area contributed by atoms with Crippen LogP contribution in [0.5, 0.6) is 0 Å². The van der Waals surface area contributed by atoms with Gasteiger partial charge in [-0.3, -0.25) is 4.79 Å². The largest absolute Gasteiger partial charge is 0.440 e. The first-order valence-corrected chi connectivity index (χ1v) is 9.40. The van der Waals surface area contributed by atoms with Crippen LogP contribution in [-0.4, -0.2) is 42.0 Å². The Hall–Kier alpha value is -3.15. The number of halogens is 1. The number of benzene rings is 2. The van der Waals surface area contributed by atoms with Crippen LogP contribution in [0.1, 0.15) is 11.5 Å². The van der Waals surface area contributed by atoms with Crippen molar-refractivity contribution in [1.82, 2.24) is 9.88 Å². The van der Waals surface area contributed by atoms with E-state index in [9.17, 15) is 9.18 Å². The van der Waals surface area contributed by atoms with Crippen molar-refractivity contribution in [3.8, 4) is 11.5 Å². The molecule has 1 fully saturated rings. The molecule has 0 N–H and O–H groups in total. The molecule has 1 saturated heterocycles. The summed E-state index contributed by atoms with van der Waals surface area (Å²) in [6.07, 6.45) is 0.211. The number of oxazole rings is 1. The van der Waals surface area contributed by atoms with E-state index in [2.05, 4.69) is 9.88 Å². The lowest BCUT2D eigenvalue weighted by Gasteiger charge is -2.36. The number of rotatable bonds is 4. The zero-order chi connectivity index (χ0) is 19.5. The van der Waals surface area contributed by atoms with Crippen LogP contribution in [0.15, 0.2) is 59.0 Å². The SMILES string of the molecule is Cc1nc(-c2ccccc2)oc1CC(=O)N1CCN(c2ccc(F)cc2)CC1. The van der Waals surface area contributed by atoms with E-state index in [1.54, 1.807) is 12.1 Å². The van der Waals surface area contributed by atoms with Crippen LogP contribution >= 0.6 is 0 Å². The Kier molecular flexibility index (Phi) is 5.10. The average molecular weight is 379 g/mol. The molecular formula is C22H22FN3O2. The average Bonchev–Trinajstić information content (AvgIpc) is 3.10. The summed E-state index contributed by atoms with van der Waals surface area (Å²) < 4.78 is 18.9. The highest BCUT2D eigenvalue weighted by molar-refractivity contribution is 5.79. The highest BCUT2D eigenvalue weighted by Gasteiger charge is 2.23. The standard InChI is InChI=1S/C22H22FN3O2/c1-16-20(28-22(24-16)17-5-3-2-4-6-17)15-21(27)26-13-11-25(12-14-26)19-9-7-18(23)8-10-19/h2-10H,11-15H2,1H3. The van der Waals surface area contributed by atoms with Gasteiger partial charge in [-0.05, 0) is 43.3 Å². The molecule has 3 aromatic rings. The fraction of sp³-hybridized carbons (Fsp3) is 0.273. The maximum atomic E-state index is 13.1. The van der Waals surface area contributed by atoms with E-state index in [4.69, 9.17) is 4.42 Å². The van der Waals surface area contributed by atoms with E-state index in [-0.39, 0.29) is 18.1 Å². The maximum absolute atomic E-state index is 13.1. The second-order valence-corrected chi connectivity index (χ2v) is 6.91. The molecule has 0 unspecified atom stereocenters. The lowest BCUT2D eigenvalue weighted by atomic mass is 10.2. The number of carbonyl (C=O) groups is 1. The number of aryl methyl sites for hydroxylation is 1. The van der Waals surface area contributed by atoms with Gasteiger partial charge in [0.2, 0.25) is 11.8 Å². The predicted molar refractivity (Wildman–Crippen MR) is 106 cm³/mol. The summed E-state index contributed by atoms with van der Waals surface area (Å²) in [4.78, 5) is 21.2. The molecule has 2 heterocycles. The second kappa shape index (κ2) is 7.84. The fourth-order valence-electron chi connectivity index (χ4n) is 3.41. The Morgan fingerprint density at radius 3 is 2.39 bits per heavy atom. The first-order chi connectivity index (χ1) is 13.6. The van der Waals surface area contributed by atoms with Crippen LogP contribution in [0.25, 0.3) is 11.5 Å². The normalized spacial score (nSPS) is 14.4. The predicted octanol–water partition coefficient (Wildman–Crippen LogP) is 3.68. The van der Waals surface area contributed by atoms with Gasteiger partial charge in [-0.25, -0.2) is 9.37 Å². The Labute approximate surface area is 163 Å². The van der Waals surface area contributed by atoms with Gasteiger partial charge in [-0.2, -0.15) is 0 Å². The molecule has 0 radical (unpaired) electrons. The molecule has 6 heteroatoms. The zero-order valence-corrected chi connectivity index (χ0v) is 15.8. The molecule has 0 atom stereocenters. The molecule has 144 valence electrons. The van der Waals surface area contributed by atoms with E-state index < -0.39 is 0 Å². The Morgan fingerprint density at radius 1 is 1.04 bits per heavy atom. The van der Waals surface area contributed by atoms with Crippen LogP contribution in [0.4, 0.5) is 10.1 Å². The van der Waals surface area contributed by atoms with E-state index in [1.165, 1.54) is 12.1 Å². The minimum atomic E-state index is -0.241. The summed E-state index contributed by atoms with van der Waals surface area (Å²) in [6, 6.07) is 16.1. The maximum Gasteiger partial charge on any atom is 0.230 e. The number of aromatic nitrogens is 1. The minimum Gasteiger partial charge on any atom is -0.440 e. The van der Waals surface area contributed by atoms with Crippen molar-refractivity contribution in [1.29, 1.82) is 0 Å². The van der Waals surface area contributed by atoms with Crippen molar-refractivity contribution in [2.75, 3.05) is 31.1 Å². The Bertz CT molecular complexity index is 946. The number of nitrogens with zero attached hydrogens (tertiary/aromatic N) is 3. The van der Waals surface area contributed by atoms with E-state index >= 15 is 0 Å². The fourth-order valence-corrected chi connectivity index (χ4v) is 3.41. The third-order valence-corrected chi connectivity index (χ3v) is 5.05. The number of piperazine rings is 1. The summed E-state index contributed by atoms with van der Waals surface area (Å²) in [5.74, 6) is 0.958. The van der Waals surface area contributed by atoms with Crippen LogP contribution in [-0.2, 0) is 11.2 Å². The van der Waals surface area contributed by atoms with Gasteiger partial charge in [-0.1, -0.05) is 18.2 Å². The van der Waals surface area contributed by atoms with E-state index in [0.29, 0.717) is 24.7 Å². The van der Waals surface area contributed by atoms with Gasteiger partial charge < -0.3 is 14.2 Å². The molecule has 28 heavy (non-hydrogen) atoms. The molecule has 1 aliphatic rings. The number of anilines is 1. The van der Waals surface area contributed by atoms with Gasteiger partial charge in [0.1, 0.15) is 11.6 Å². The van der Waals surface area contributed by atoms with Gasteiger partial charge in [0, 0.05) is 37.4 Å². The van der Waals surface area contributed by atoms with Gasteiger partial charge >= 0.3 is 0 Å². The third kappa shape index (κ3) is 3.91. The highest BCUT2D eigenvalue weighted by Crippen LogP contribution is 2.23. The van der Waals surface area contributed by atoms with Crippen LogP contribution in [0.3, 0.4) is 0 Å². The molecular weight excluding hydrogens is 357 g/mol. The second-order valence-electron chi connectivity index (χ2n) is 6.91. The van der Waals surface area contributed by atoms with Crippen molar-refractivity contribution < 1.29 is 13.6 Å². The van der Waals surface area contributed by atoms with Crippen LogP contribution < -0.4 is 4.90 Å². The summed E-state index contributed by atoms with van der Waals surface area (Å²) in [6.45, 7) is 4.58. The van der Waals surface area contributed by atoms with Crippen molar-refractivity contribution in [2.45, 2.75) is 13.3 Å². The molecule has 0 saturated carbocycles. The van der Waals surface area contributed by atoms with Gasteiger partial charge in [0.05, 0.1) is 12.1 Å². The Morgan fingerprint density at radius 2 is 1.71 bits per heavy atom. The molecule has 1 aliphatic heterocycles. The zero-order valence-electron chi connectivity index (χ0n) is 15.8. The number of hydrogen-bond acceptors (Lipinski definition) is 4. The summed E-state index contributed by atoms with van der Waals surface area (Å²) in [5.41, 5.74) is 2.63. The third-order valence-electron chi connectivity index (χ3n) is 5.05. The molecule has 0 bridgehead atoms. The lowest BCUT2D eigenvalue weighted by molar-refractivity contribution is -0.131. The first kappa shape index (κ1) is 18.2. The number of carbonyl (C=O) groups excluding carboxylic acids is 1. The monoisotopic (exact) mass is 379 g/mol. The Balaban J connectivity index is 1.37. The summed E-state index contributed by atoms with van der Waals surface area (Å²) in [7, 11) is 0. The van der Waals surface area contributed by atoms with Gasteiger partial charge in [0.25, 0.3) is 0 Å². The molecule has 2 aromatic carbocycles. The smallest absolute Gasteiger partial charge is 0.230 e. The van der Waals surface area contributed by atoms with Crippen LogP contribution in [0, 0.1) is 12.7 Å². The molecule has 0 spiro atoms. The molecule has 0 aliphatic carbocycles. The highest BCUT2D eigenvalue weighted by atomic mass is 19.1. The van der Waals surface area contributed by atoms with E-state index in [1.807, 2.05) is 42.2 Å².